The number of carbonyl (C=O) groups is 1. The molecule has 0 radical (unpaired) electrons. The van der Waals surface area contributed by atoms with Gasteiger partial charge in [0.1, 0.15) is 11.5 Å². The van der Waals surface area contributed by atoms with Gasteiger partial charge < -0.3 is 14.6 Å². The molecule has 1 amide bonds. The van der Waals surface area contributed by atoms with Crippen LogP contribution in [0.4, 0.5) is 4.39 Å². The smallest absolute Gasteiger partial charge is 0.225 e. The van der Waals surface area contributed by atoms with Crippen LogP contribution in [0.1, 0.15) is 38.3 Å². The number of fused-ring (bicyclic) bond motifs is 1. The highest BCUT2D eigenvalue weighted by Crippen LogP contribution is 2.39. The van der Waals surface area contributed by atoms with E-state index in [4.69, 9.17) is 0 Å². The molecule has 1 saturated carbocycles. The lowest BCUT2D eigenvalue weighted by Crippen LogP contribution is -2.51. The van der Waals surface area contributed by atoms with Gasteiger partial charge in [-0.3, -0.25) is 4.79 Å². The number of hydrogen-bond donors (Lipinski definition) is 1. The molecule has 0 unspecified atom stereocenters. The largest absolute Gasteiger partial charge is 0.390 e. The van der Waals surface area contributed by atoms with Crippen LogP contribution in [0.5, 0.6) is 0 Å². The average Bonchev–Trinajstić information content (AvgIpc) is 2.87. The van der Waals surface area contributed by atoms with Gasteiger partial charge in [-0.1, -0.05) is 0 Å². The molecule has 2 aromatic rings. The Balaban J connectivity index is 1.34. The van der Waals surface area contributed by atoms with Crippen LogP contribution in [0.15, 0.2) is 18.3 Å². The predicted octanol–water partition coefficient (Wildman–Crippen LogP) is 2.65. The molecule has 0 bridgehead atoms. The van der Waals surface area contributed by atoms with Crippen LogP contribution in [-0.2, 0) is 18.3 Å². The molecule has 4 rings (SSSR count). The predicted molar refractivity (Wildman–Crippen MR) is 97.0 cm³/mol. The van der Waals surface area contributed by atoms with E-state index in [1.165, 1.54) is 6.20 Å². The Bertz CT molecular complexity index is 829. The summed E-state index contributed by atoms with van der Waals surface area (Å²) in [5.74, 6) is 0.466. The molecule has 6 heteroatoms. The summed E-state index contributed by atoms with van der Waals surface area (Å²) in [6.07, 6.45) is 5.43. The zero-order valence-corrected chi connectivity index (χ0v) is 15.4. The highest BCUT2D eigenvalue weighted by atomic mass is 19.1. The van der Waals surface area contributed by atoms with Crippen molar-refractivity contribution in [3.05, 3.63) is 29.8 Å². The number of nitrogens with zero attached hydrogens (tertiary/aromatic N) is 3. The van der Waals surface area contributed by atoms with E-state index in [1.54, 1.807) is 11.5 Å². The molecule has 2 fully saturated rings. The first-order chi connectivity index (χ1) is 12.3. The Morgan fingerprint density at radius 2 is 2.04 bits per heavy atom. The lowest BCUT2D eigenvalue weighted by atomic mass is 9.71. The third kappa shape index (κ3) is 3.22. The second kappa shape index (κ2) is 6.34. The van der Waals surface area contributed by atoms with E-state index in [0.717, 1.165) is 38.0 Å². The lowest BCUT2D eigenvalue weighted by Gasteiger charge is -2.43. The maximum atomic E-state index is 13.7. The molecule has 0 atom stereocenters. The van der Waals surface area contributed by atoms with Gasteiger partial charge >= 0.3 is 0 Å². The molecule has 0 aromatic carbocycles. The third-order valence-electron chi connectivity index (χ3n) is 5.98. The fourth-order valence-electron chi connectivity index (χ4n) is 4.45. The SMILES string of the molecule is Cn1cc(F)c2ccc(CC3CCN(C(=O)C4CC(C)(O)C4)CC3)nc21. The summed E-state index contributed by atoms with van der Waals surface area (Å²) >= 11 is 0. The number of hydrogen-bond acceptors (Lipinski definition) is 3. The summed E-state index contributed by atoms with van der Waals surface area (Å²) in [7, 11) is 1.81. The molecule has 1 saturated heterocycles. The number of amides is 1. The van der Waals surface area contributed by atoms with Gasteiger partial charge in [0.15, 0.2) is 0 Å². The Kier molecular flexibility index (Phi) is 4.26. The van der Waals surface area contributed by atoms with Gasteiger partial charge in [-0.2, -0.15) is 0 Å². The summed E-state index contributed by atoms with van der Waals surface area (Å²) in [5, 5.41) is 10.4. The van der Waals surface area contributed by atoms with Crippen molar-refractivity contribution < 1.29 is 14.3 Å². The van der Waals surface area contributed by atoms with Crippen LogP contribution in [0.25, 0.3) is 11.0 Å². The van der Waals surface area contributed by atoms with E-state index in [-0.39, 0.29) is 17.6 Å². The number of aliphatic hydroxyl groups is 1. The van der Waals surface area contributed by atoms with Crippen LogP contribution in [0.3, 0.4) is 0 Å². The van der Waals surface area contributed by atoms with Crippen molar-refractivity contribution in [1.29, 1.82) is 0 Å². The van der Waals surface area contributed by atoms with Gasteiger partial charge in [0.25, 0.3) is 0 Å². The lowest BCUT2D eigenvalue weighted by molar-refractivity contribution is -0.151. The molecule has 1 aliphatic heterocycles. The monoisotopic (exact) mass is 359 g/mol. The maximum absolute atomic E-state index is 13.7. The van der Waals surface area contributed by atoms with Gasteiger partial charge in [0, 0.05) is 37.9 Å². The third-order valence-corrected chi connectivity index (χ3v) is 5.98. The Labute approximate surface area is 152 Å². The normalized spacial score (nSPS) is 26.9. The summed E-state index contributed by atoms with van der Waals surface area (Å²) in [4.78, 5) is 19.1. The van der Waals surface area contributed by atoms with Crippen LogP contribution in [0.2, 0.25) is 0 Å². The maximum Gasteiger partial charge on any atom is 0.225 e. The minimum absolute atomic E-state index is 0.00198. The molecule has 0 spiro atoms. The number of halogens is 1. The van der Waals surface area contributed by atoms with Crippen molar-refractivity contribution >= 4 is 16.9 Å². The molecular formula is C20H26FN3O2. The van der Waals surface area contributed by atoms with E-state index >= 15 is 0 Å². The number of aryl methyl sites for hydroxylation is 1. The van der Waals surface area contributed by atoms with Gasteiger partial charge in [0.05, 0.1) is 11.0 Å². The molecule has 140 valence electrons. The van der Waals surface area contributed by atoms with Crippen molar-refractivity contribution in [3.63, 3.8) is 0 Å². The standard InChI is InChI=1S/C20H26FN3O2/c1-20(26)10-14(11-20)19(25)24-7-5-13(6-8-24)9-15-3-4-16-17(21)12-23(2)18(16)22-15/h3-4,12-14,26H,5-11H2,1-2H3. The molecule has 5 nitrogen and oxygen atoms in total. The van der Waals surface area contributed by atoms with E-state index in [2.05, 4.69) is 4.98 Å². The van der Waals surface area contributed by atoms with Crippen LogP contribution in [0, 0.1) is 17.7 Å². The number of pyridine rings is 1. The van der Waals surface area contributed by atoms with Crippen molar-refractivity contribution in [1.82, 2.24) is 14.5 Å². The second-order valence-electron chi connectivity index (χ2n) is 8.34. The molecule has 1 aliphatic carbocycles. The van der Waals surface area contributed by atoms with E-state index in [9.17, 15) is 14.3 Å². The van der Waals surface area contributed by atoms with E-state index < -0.39 is 5.60 Å². The fourth-order valence-corrected chi connectivity index (χ4v) is 4.45. The minimum atomic E-state index is -0.653. The summed E-state index contributed by atoms with van der Waals surface area (Å²) in [6, 6.07) is 3.73. The zero-order chi connectivity index (χ0) is 18.5. The quantitative estimate of drug-likeness (QED) is 0.917. The summed E-state index contributed by atoms with van der Waals surface area (Å²) in [6.45, 7) is 3.36. The number of aromatic nitrogens is 2. The number of rotatable bonds is 3. The van der Waals surface area contributed by atoms with Crippen molar-refractivity contribution in [3.8, 4) is 0 Å². The first-order valence-electron chi connectivity index (χ1n) is 9.44. The highest BCUT2D eigenvalue weighted by Gasteiger charge is 2.44. The van der Waals surface area contributed by atoms with Gasteiger partial charge in [-0.05, 0) is 57.1 Å². The molecular weight excluding hydrogens is 333 g/mol. The van der Waals surface area contributed by atoms with Crippen LogP contribution in [-0.4, -0.2) is 44.2 Å². The Morgan fingerprint density at radius 3 is 2.69 bits per heavy atom. The molecule has 2 aromatic heterocycles. The summed E-state index contributed by atoms with van der Waals surface area (Å²) < 4.78 is 15.5. The summed E-state index contributed by atoms with van der Waals surface area (Å²) in [5.41, 5.74) is 1.02. The zero-order valence-electron chi connectivity index (χ0n) is 15.4. The van der Waals surface area contributed by atoms with Crippen molar-refractivity contribution in [2.24, 2.45) is 18.9 Å². The van der Waals surface area contributed by atoms with E-state index in [1.807, 2.05) is 24.1 Å². The van der Waals surface area contributed by atoms with Crippen molar-refractivity contribution in [2.45, 2.75) is 44.6 Å². The van der Waals surface area contributed by atoms with Crippen LogP contribution < -0.4 is 0 Å². The van der Waals surface area contributed by atoms with Gasteiger partial charge in [-0.15, -0.1) is 0 Å². The van der Waals surface area contributed by atoms with Gasteiger partial charge in [0.2, 0.25) is 5.91 Å². The molecule has 1 N–H and O–H groups in total. The topological polar surface area (TPSA) is 58.4 Å². The van der Waals surface area contributed by atoms with Crippen LogP contribution >= 0.6 is 0 Å². The Morgan fingerprint density at radius 1 is 1.35 bits per heavy atom. The minimum Gasteiger partial charge on any atom is -0.390 e. The first-order valence-corrected chi connectivity index (χ1v) is 9.44. The fraction of sp³-hybridized carbons (Fsp3) is 0.600. The molecule has 2 aliphatic rings. The number of likely N-dealkylation sites (tertiary alicyclic amines) is 1. The van der Waals surface area contributed by atoms with Gasteiger partial charge in [-0.25, -0.2) is 9.37 Å². The second-order valence-corrected chi connectivity index (χ2v) is 8.34. The Hall–Kier alpha value is -1.95. The van der Waals surface area contributed by atoms with E-state index in [0.29, 0.717) is 29.8 Å². The average molecular weight is 359 g/mol. The number of carbonyl (C=O) groups excluding carboxylic acids is 1. The molecule has 3 heterocycles. The number of piperidine rings is 1. The first kappa shape index (κ1) is 17.5. The highest BCUT2D eigenvalue weighted by molar-refractivity contribution is 5.80. The van der Waals surface area contributed by atoms with Crippen molar-refractivity contribution in [2.75, 3.05) is 13.1 Å². The molecule has 26 heavy (non-hydrogen) atoms.